The van der Waals surface area contributed by atoms with E-state index in [1.165, 1.54) is 37.4 Å². The smallest absolute Gasteiger partial charge is 0.312 e. The average molecular weight is 512 g/mol. The number of methoxy groups -OCH3 is 1. The first kappa shape index (κ1) is 24.2. The van der Waals surface area contributed by atoms with E-state index in [9.17, 15) is 14.9 Å². The molecule has 3 N–H and O–H groups in total. The van der Waals surface area contributed by atoms with Gasteiger partial charge in [0, 0.05) is 22.3 Å². The molecule has 160 valence electrons. The van der Waals surface area contributed by atoms with Crippen molar-refractivity contribution in [1.82, 2.24) is 10.6 Å². The van der Waals surface area contributed by atoms with Crippen molar-refractivity contribution in [2.45, 2.75) is 9.96 Å². The van der Waals surface area contributed by atoms with Crippen molar-refractivity contribution in [2.24, 2.45) is 0 Å². The Morgan fingerprint density at radius 1 is 1.20 bits per heavy atom. The molecule has 0 bridgehead atoms. The molecule has 0 aliphatic carbocycles. The molecule has 0 aliphatic heterocycles. The number of benzene rings is 2. The number of hydrogen-bond acceptors (Lipinski definition) is 5. The van der Waals surface area contributed by atoms with E-state index in [1.54, 1.807) is 12.1 Å². The average Bonchev–Trinajstić information content (AvgIpc) is 2.66. The minimum atomic E-state index is -1.98. The van der Waals surface area contributed by atoms with E-state index in [2.05, 4.69) is 16.0 Å². The lowest BCUT2D eigenvalue weighted by molar-refractivity contribution is -0.385. The molecule has 8 nitrogen and oxygen atoms in total. The fourth-order valence-electron chi connectivity index (χ4n) is 2.25. The first-order valence-corrected chi connectivity index (χ1v) is 9.96. The van der Waals surface area contributed by atoms with Crippen molar-refractivity contribution < 1.29 is 14.5 Å². The fourth-order valence-corrected chi connectivity index (χ4v) is 3.01. The van der Waals surface area contributed by atoms with Crippen LogP contribution in [0.15, 0.2) is 42.5 Å². The monoisotopic (exact) mass is 510 g/mol. The highest BCUT2D eigenvalue weighted by Gasteiger charge is 2.35. The van der Waals surface area contributed by atoms with E-state index in [0.717, 1.165) is 0 Å². The molecular formula is C17H14Cl4N4O4S. The highest BCUT2D eigenvalue weighted by atomic mass is 35.6. The zero-order chi connectivity index (χ0) is 22.5. The quantitative estimate of drug-likeness (QED) is 0.170. The number of nitrogens with zero attached hydrogens (tertiary/aromatic N) is 1. The highest BCUT2D eigenvalue weighted by Crippen LogP contribution is 2.31. The number of hydrogen-bond donors (Lipinski definition) is 3. The Labute approximate surface area is 196 Å². The van der Waals surface area contributed by atoms with Gasteiger partial charge in [0.1, 0.15) is 6.17 Å². The topological polar surface area (TPSA) is 106 Å². The summed E-state index contributed by atoms with van der Waals surface area (Å²) >= 11 is 28.9. The van der Waals surface area contributed by atoms with E-state index in [4.69, 9.17) is 63.4 Å². The van der Waals surface area contributed by atoms with Gasteiger partial charge in [0.15, 0.2) is 10.9 Å². The Morgan fingerprint density at radius 3 is 2.47 bits per heavy atom. The molecule has 13 heteroatoms. The number of nitro benzene ring substituents is 1. The second kappa shape index (κ2) is 10.3. The fraction of sp³-hybridized carbons (Fsp3) is 0.176. The summed E-state index contributed by atoms with van der Waals surface area (Å²) in [6, 6.07) is 10.3. The standard InChI is InChI=1S/C17H14Cl4N4O4S/c1-29-13-6-5-11(8-12(13)25(27)28)22-16(30)24-15(17(19,20)21)23-14(26)9-3-2-4-10(18)7-9/h2-8,15H,1H3,(H,23,26)(H2,22,24,30). The second-order valence-corrected chi connectivity index (χ2v) is 8.91. The number of halogens is 4. The van der Waals surface area contributed by atoms with Gasteiger partial charge in [-0.2, -0.15) is 0 Å². The molecule has 2 rings (SSSR count). The summed E-state index contributed by atoms with van der Waals surface area (Å²) < 4.78 is 2.96. The number of carbonyl (C=O) groups excluding carboxylic acids is 1. The van der Waals surface area contributed by atoms with Gasteiger partial charge in [-0.05, 0) is 42.5 Å². The van der Waals surface area contributed by atoms with Crippen LogP contribution in [0.1, 0.15) is 10.4 Å². The highest BCUT2D eigenvalue weighted by molar-refractivity contribution is 7.80. The third kappa shape index (κ3) is 6.75. The van der Waals surface area contributed by atoms with Gasteiger partial charge in [-0.1, -0.05) is 52.5 Å². The van der Waals surface area contributed by atoms with Gasteiger partial charge in [0.05, 0.1) is 12.0 Å². The van der Waals surface area contributed by atoms with Crippen LogP contribution in [-0.4, -0.2) is 33.0 Å². The van der Waals surface area contributed by atoms with Crippen molar-refractivity contribution in [3.05, 3.63) is 63.2 Å². The predicted octanol–water partition coefficient (Wildman–Crippen LogP) is 4.67. The molecule has 0 fully saturated rings. The molecule has 30 heavy (non-hydrogen) atoms. The number of ether oxygens (including phenoxy) is 1. The maximum Gasteiger partial charge on any atom is 0.312 e. The lowest BCUT2D eigenvalue weighted by atomic mass is 10.2. The Morgan fingerprint density at radius 2 is 1.90 bits per heavy atom. The number of nitro groups is 1. The normalized spacial score (nSPS) is 11.9. The molecule has 0 heterocycles. The molecule has 1 amide bonds. The molecule has 1 unspecified atom stereocenters. The SMILES string of the molecule is COc1ccc(NC(=S)NC(NC(=O)c2cccc(Cl)c2)C(Cl)(Cl)Cl)cc1[N+](=O)[O-]. The summed E-state index contributed by atoms with van der Waals surface area (Å²) in [5.74, 6) is -0.485. The summed E-state index contributed by atoms with van der Waals surface area (Å²) in [5, 5.41) is 19.3. The number of rotatable bonds is 6. The van der Waals surface area contributed by atoms with Gasteiger partial charge in [0.2, 0.25) is 3.79 Å². The molecule has 0 spiro atoms. The van der Waals surface area contributed by atoms with Crippen molar-refractivity contribution >= 4 is 81.0 Å². The number of anilines is 1. The molecule has 2 aromatic rings. The third-order valence-corrected chi connectivity index (χ3v) is 4.71. The summed E-state index contributed by atoms with van der Waals surface area (Å²) in [6.45, 7) is 0. The number of amides is 1. The van der Waals surface area contributed by atoms with E-state index in [0.29, 0.717) is 5.02 Å². The number of carbonyl (C=O) groups is 1. The summed E-state index contributed by atoms with van der Waals surface area (Å²) in [6.07, 6.45) is -1.23. The number of nitrogens with one attached hydrogen (secondary N) is 3. The van der Waals surface area contributed by atoms with Gasteiger partial charge in [-0.25, -0.2) is 0 Å². The minimum Gasteiger partial charge on any atom is -0.490 e. The molecule has 0 radical (unpaired) electrons. The van der Waals surface area contributed by atoms with Crippen LogP contribution in [0.2, 0.25) is 5.02 Å². The Kier molecular flexibility index (Phi) is 8.34. The van der Waals surface area contributed by atoms with Gasteiger partial charge < -0.3 is 20.7 Å². The van der Waals surface area contributed by atoms with E-state index >= 15 is 0 Å². The Hall–Kier alpha value is -2.04. The zero-order valence-corrected chi connectivity index (χ0v) is 19.0. The summed E-state index contributed by atoms with van der Waals surface area (Å²) in [7, 11) is 1.32. The van der Waals surface area contributed by atoms with Crippen molar-refractivity contribution in [1.29, 1.82) is 0 Å². The Bertz CT molecular complexity index is 971. The molecule has 0 aromatic heterocycles. The molecule has 2 aromatic carbocycles. The lowest BCUT2D eigenvalue weighted by Crippen LogP contribution is -2.56. The first-order valence-electron chi connectivity index (χ1n) is 8.04. The van der Waals surface area contributed by atoms with E-state index in [1.807, 2.05) is 0 Å². The van der Waals surface area contributed by atoms with Crippen LogP contribution < -0.4 is 20.7 Å². The lowest BCUT2D eigenvalue weighted by Gasteiger charge is -2.27. The van der Waals surface area contributed by atoms with E-state index < -0.39 is 20.8 Å². The van der Waals surface area contributed by atoms with E-state index in [-0.39, 0.29) is 27.8 Å². The number of alkyl halides is 3. The van der Waals surface area contributed by atoms with Gasteiger partial charge in [-0.15, -0.1) is 0 Å². The van der Waals surface area contributed by atoms with Crippen LogP contribution >= 0.6 is 58.6 Å². The van der Waals surface area contributed by atoms with Gasteiger partial charge >= 0.3 is 5.69 Å². The molecule has 0 saturated carbocycles. The maximum atomic E-state index is 12.4. The van der Waals surface area contributed by atoms with Gasteiger partial charge in [-0.3, -0.25) is 14.9 Å². The van der Waals surface area contributed by atoms with Crippen LogP contribution in [0.4, 0.5) is 11.4 Å². The molecular weight excluding hydrogens is 498 g/mol. The maximum absolute atomic E-state index is 12.4. The van der Waals surface area contributed by atoms with Gasteiger partial charge in [0.25, 0.3) is 5.91 Å². The molecule has 0 aliphatic rings. The zero-order valence-electron chi connectivity index (χ0n) is 15.1. The second-order valence-electron chi connectivity index (χ2n) is 5.70. The Balaban J connectivity index is 2.13. The van der Waals surface area contributed by atoms with Crippen LogP contribution in [0.25, 0.3) is 0 Å². The largest absolute Gasteiger partial charge is 0.490 e. The van der Waals surface area contributed by atoms with Crippen LogP contribution in [0.3, 0.4) is 0 Å². The number of thiocarbonyl (C=S) groups is 1. The predicted molar refractivity (Wildman–Crippen MR) is 122 cm³/mol. The van der Waals surface area contributed by atoms with Crippen molar-refractivity contribution in [2.75, 3.05) is 12.4 Å². The first-order chi connectivity index (χ1) is 14.0. The van der Waals surface area contributed by atoms with Crippen LogP contribution in [-0.2, 0) is 0 Å². The van der Waals surface area contributed by atoms with Crippen LogP contribution in [0, 0.1) is 10.1 Å². The molecule has 1 atom stereocenters. The summed E-state index contributed by atoms with van der Waals surface area (Å²) in [4.78, 5) is 23.0. The molecule has 0 saturated heterocycles. The third-order valence-electron chi connectivity index (χ3n) is 3.60. The minimum absolute atomic E-state index is 0.0582. The summed E-state index contributed by atoms with van der Waals surface area (Å²) in [5.41, 5.74) is 0.259. The van der Waals surface area contributed by atoms with Crippen LogP contribution in [0.5, 0.6) is 5.75 Å². The van der Waals surface area contributed by atoms with Crippen molar-refractivity contribution in [3.8, 4) is 5.75 Å². The van der Waals surface area contributed by atoms with Crippen molar-refractivity contribution in [3.63, 3.8) is 0 Å².